The van der Waals surface area contributed by atoms with Crippen LogP contribution in [0.1, 0.15) is 55.5 Å². The molecule has 138 valence electrons. The van der Waals surface area contributed by atoms with Crippen molar-refractivity contribution in [3.8, 4) is 0 Å². The summed E-state index contributed by atoms with van der Waals surface area (Å²) in [5.74, 6) is 1.22. The Hall–Kier alpha value is -1.33. The van der Waals surface area contributed by atoms with Crippen LogP contribution in [0.4, 0.5) is 0 Å². The smallest absolute Gasteiger partial charge is 0.289 e. The number of amides is 1. The van der Waals surface area contributed by atoms with E-state index < -0.39 is 0 Å². The van der Waals surface area contributed by atoms with Gasteiger partial charge in [-0.1, -0.05) is 12.8 Å². The van der Waals surface area contributed by atoms with E-state index in [1.165, 1.54) is 25.7 Å². The normalized spacial score (nSPS) is 26.6. The highest BCUT2D eigenvalue weighted by atomic mass is 16.5. The Morgan fingerprint density at radius 2 is 2.04 bits per heavy atom. The first kappa shape index (κ1) is 17.1. The summed E-state index contributed by atoms with van der Waals surface area (Å²) in [5.41, 5.74) is 0.237. The molecule has 1 aliphatic carbocycles. The highest BCUT2D eigenvalue weighted by Crippen LogP contribution is 2.42. The summed E-state index contributed by atoms with van der Waals surface area (Å²) < 4.78 is 17.2. The predicted molar refractivity (Wildman–Crippen MR) is 93.4 cm³/mol. The average Bonchev–Trinajstić information content (AvgIpc) is 3.38. The van der Waals surface area contributed by atoms with Crippen molar-refractivity contribution in [2.75, 3.05) is 32.9 Å². The number of rotatable bonds is 5. The first-order valence-corrected chi connectivity index (χ1v) is 9.76. The van der Waals surface area contributed by atoms with Crippen LogP contribution in [-0.2, 0) is 9.47 Å². The van der Waals surface area contributed by atoms with Gasteiger partial charge >= 0.3 is 0 Å². The molecule has 2 saturated heterocycles. The van der Waals surface area contributed by atoms with Crippen LogP contribution in [0.2, 0.25) is 0 Å². The number of likely N-dealkylation sites (tertiary alicyclic amines) is 1. The van der Waals surface area contributed by atoms with Crippen LogP contribution in [0.5, 0.6) is 0 Å². The SMILES string of the molecule is O=C(c1ccco1)N1CCC2(CC1)CO[C@H](COCC1CCCC1)C2. The molecule has 1 aromatic rings. The Kier molecular flexibility index (Phi) is 5.13. The first-order valence-electron chi connectivity index (χ1n) is 9.76. The van der Waals surface area contributed by atoms with Crippen LogP contribution in [-0.4, -0.2) is 49.8 Å². The quantitative estimate of drug-likeness (QED) is 0.818. The van der Waals surface area contributed by atoms with Crippen LogP contribution in [0.25, 0.3) is 0 Å². The van der Waals surface area contributed by atoms with E-state index in [0.29, 0.717) is 5.76 Å². The lowest BCUT2D eigenvalue weighted by atomic mass is 9.76. The number of nitrogens with zero attached hydrogens (tertiary/aromatic N) is 1. The van der Waals surface area contributed by atoms with E-state index in [1.54, 1.807) is 18.4 Å². The van der Waals surface area contributed by atoms with Gasteiger partial charge in [0.1, 0.15) is 0 Å². The first-order chi connectivity index (χ1) is 12.2. The molecule has 25 heavy (non-hydrogen) atoms. The summed E-state index contributed by atoms with van der Waals surface area (Å²) in [6.45, 7) is 4.02. The number of carbonyl (C=O) groups is 1. The highest BCUT2D eigenvalue weighted by Gasteiger charge is 2.43. The van der Waals surface area contributed by atoms with Crippen LogP contribution in [0.15, 0.2) is 22.8 Å². The van der Waals surface area contributed by atoms with Crippen molar-refractivity contribution in [1.82, 2.24) is 4.90 Å². The molecule has 1 spiro atoms. The highest BCUT2D eigenvalue weighted by molar-refractivity contribution is 5.91. The van der Waals surface area contributed by atoms with Crippen molar-refractivity contribution in [3.63, 3.8) is 0 Å². The molecule has 1 amide bonds. The molecule has 1 aromatic heterocycles. The van der Waals surface area contributed by atoms with Gasteiger partial charge in [-0.3, -0.25) is 4.79 Å². The second-order valence-electron chi connectivity index (χ2n) is 8.09. The Balaban J connectivity index is 1.21. The minimum Gasteiger partial charge on any atom is -0.459 e. The Morgan fingerprint density at radius 1 is 1.24 bits per heavy atom. The number of ether oxygens (including phenoxy) is 2. The fourth-order valence-corrected chi connectivity index (χ4v) is 4.63. The van der Waals surface area contributed by atoms with E-state index in [0.717, 1.165) is 58.1 Å². The standard InChI is InChI=1S/C20H29NO4/c22-19(18-6-3-11-24-18)21-9-7-20(8-10-21)12-17(25-15-20)14-23-13-16-4-1-2-5-16/h3,6,11,16-17H,1-2,4-5,7-10,12-15H2/t17-/m0/s1. The molecule has 2 aliphatic heterocycles. The topological polar surface area (TPSA) is 51.9 Å². The van der Waals surface area contributed by atoms with Crippen LogP contribution < -0.4 is 0 Å². The summed E-state index contributed by atoms with van der Waals surface area (Å²) in [6, 6.07) is 3.50. The van der Waals surface area contributed by atoms with Gasteiger partial charge in [-0.2, -0.15) is 0 Å². The Labute approximate surface area is 149 Å². The van der Waals surface area contributed by atoms with E-state index in [1.807, 2.05) is 4.90 Å². The average molecular weight is 347 g/mol. The van der Waals surface area contributed by atoms with Gasteiger partial charge in [-0.15, -0.1) is 0 Å². The molecule has 0 N–H and O–H groups in total. The zero-order valence-corrected chi connectivity index (χ0v) is 15.0. The molecule has 3 fully saturated rings. The molecule has 1 atom stereocenters. The fraction of sp³-hybridized carbons (Fsp3) is 0.750. The number of carbonyl (C=O) groups excluding carboxylic acids is 1. The van der Waals surface area contributed by atoms with Crippen molar-refractivity contribution in [2.24, 2.45) is 11.3 Å². The molecule has 4 rings (SSSR count). The minimum absolute atomic E-state index is 0.00946. The van der Waals surface area contributed by atoms with Crippen LogP contribution in [0.3, 0.4) is 0 Å². The monoisotopic (exact) mass is 347 g/mol. The summed E-state index contributed by atoms with van der Waals surface area (Å²) in [4.78, 5) is 14.3. The maximum atomic E-state index is 12.4. The zero-order chi connectivity index (χ0) is 17.1. The molecule has 0 radical (unpaired) electrons. The third-order valence-electron chi connectivity index (χ3n) is 6.26. The van der Waals surface area contributed by atoms with Gasteiger partial charge in [0.25, 0.3) is 5.91 Å². The second-order valence-corrected chi connectivity index (χ2v) is 8.09. The predicted octanol–water partition coefficient (Wildman–Crippen LogP) is 3.50. The minimum atomic E-state index is 0.00946. The molecule has 5 nitrogen and oxygen atoms in total. The molecule has 3 aliphatic rings. The third-order valence-corrected chi connectivity index (χ3v) is 6.26. The lowest BCUT2D eigenvalue weighted by Gasteiger charge is -2.38. The number of hydrogen-bond donors (Lipinski definition) is 0. The number of hydrogen-bond acceptors (Lipinski definition) is 4. The van der Waals surface area contributed by atoms with E-state index in [-0.39, 0.29) is 17.4 Å². The van der Waals surface area contributed by atoms with E-state index >= 15 is 0 Å². The lowest BCUT2D eigenvalue weighted by Crippen LogP contribution is -2.43. The van der Waals surface area contributed by atoms with E-state index in [4.69, 9.17) is 13.9 Å². The molecular weight excluding hydrogens is 318 g/mol. The van der Waals surface area contributed by atoms with Crippen molar-refractivity contribution in [1.29, 1.82) is 0 Å². The van der Waals surface area contributed by atoms with Crippen molar-refractivity contribution in [2.45, 2.75) is 51.0 Å². The second kappa shape index (κ2) is 7.50. The molecular formula is C20H29NO4. The zero-order valence-electron chi connectivity index (χ0n) is 15.0. The summed E-state index contributed by atoms with van der Waals surface area (Å²) in [6.07, 6.45) is 10.3. The summed E-state index contributed by atoms with van der Waals surface area (Å²) in [7, 11) is 0. The van der Waals surface area contributed by atoms with Crippen LogP contribution in [0, 0.1) is 11.3 Å². The van der Waals surface area contributed by atoms with E-state index in [2.05, 4.69) is 0 Å². The van der Waals surface area contributed by atoms with Gasteiger partial charge in [0, 0.05) is 19.7 Å². The van der Waals surface area contributed by atoms with Gasteiger partial charge in [0.05, 0.1) is 25.6 Å². The Morgan fingerprint density at radius 3 is 2.76 bits per heavy atom. The van der Waals surface area contributed by atoms with Crippen LogP contribution >= 0.6 is 0 Å². The number of piperidine rings is 1. The molecule has 0 aromatic carbocycles. The van der Waals surface area contributed by atoms with Gasteiger partial charge < -0.3 is 18.8 Å². The maximum Gasteiger partial charge on any atom is 0.289 e. The molecule has 3 heterocycles. The third kappa shape index (κ3) is 3.93. The van der Waals surface area contributed by atoms with Crippen molar-refractivity contribution < 1.29 is 18.7 Å². The van der Waals surface area contributed by atoms with Gasteiger partial charge in [0.15, 0.2) is 5.76 Å². The molecule has 0 bridgehead atoms. The molecule has 5 heteroatoms. The van der Waals surface area contributed by atoms with E-state index in [9.17, 15) is 4.79 Å². The lowest BCUT2D eigenvalue weighted by molar-refractivity contribution is 0.00256. The van der Waals surface area contributed by atoms with Gasteiger partial charge in [-0.25, -0.2) is 0 Å². The van der Waals surface area contributed by atoms with Gasteiger partial charge in [0.2, 0.25) is 0 Å². The van der Waals surface area contributed by atoms with Crippen molar-refractivity contribution in [3.05, 3.63) is 24.2 Å². The molecule has 0 unspecified atom stereocenters. The largest absolute Gasteiger partial charge is 0.459 e. The number of furan rings is 1. The van der Waals surface area contributed by atoms with Gasteiger partial charge in [-0.05, 0) is 55.6 Å². The Bertz CT molecular complexity index is 556. The fourth-order valence-electron chi connectivity index (χ4n) is 4.63. The maximum absolute atomic E-state index is 12.4. The summed E-state index contributed by atoms with van der Waals surface area (Å²) >= 11 is 0. The van der Waals surface area contributed by atoms with Crippen molar-refractivity contribution >= 4 is 5.91 Å². The molecule has 1 saturated carbocycles. The summed E-state index contributed by atoms with van der Waals surface area (Å²) in [5, 5.41) is 0.